The lowest BCUT2D eigenvalue weighted by Gasteiger charge is -2.23. The zero-order valence-corrected chi connectivity index (χ0v) is 17.9. The molecule has 0 saturated heterocycles. The summed E-state index contributed by atoms with van der Waals surface area (Å²) in [4.78, 5) is 37.3. The van der Waals surface area contributed by atoms with E-state index in [1.54, 1.807) is 50.2 Å². The number of benzene rings is 2. The number of rotatable bonds is 10. The molecule has 8 heteroatoms. The molecule has 2 unspecified atom stereocenters. The molecule has 2 aromatic rings. The summed E-state index contributed by atoms with van der Waals surface area (Å²) in [5, 5.41) is 5.43. The van der Waals surface area contributed by atoms with Crippen LogP contribution in [-0.2, 0) is 16.0 Å². The average molecular weight is 429 g/mol. The Balaban J connectivity index is 2.04. The van der Waals surface area contributed by atoms with E-state index in [0.29, 0.717) is 11.3 Å². The van der Waals surface area contributed by atoms with Gasteiger partial charge >= 0.3 is 0 Å². The molecule has 0 aliphatic carbocycles. The normalized spacial score (nSPS) is 12.7. The SMILES string of the molecule is COc1ccccc1C(=O)NC(C(=O)NCC(Cc1ccc(F)cc1)C(N)=O)C(C)C. The second-order valence-corrected chi connectivity index (χ2v) is 7.57. The van der Waals surface area contributed by atoms with Crippen molar-refractivity contribution in [3.8, 4) is 5.75 Å². The second kappa shape index (κ2) is 11.1. The number of methoxy groups -OCH3 is 1. The third kappa shape index (κ3) is 6.80. The third-order valence-electron chi connectivity index (χ3n) is 4.91. The van der Waals surface area contributed by atoms with Gasteiger partial charge in [-0.1, -0.05) is 38.1 Å². The number of nitrogens with one attached hydrogen (secondary N) is 2. The Morgan fingerprint density at radius 2 is 1.71 bits per heavy atom. The van der Waals surface area contributed by atoms with Gasteiger partial charge in [0.1, 0.15) is 17.6 Å². The molecular weight excluding hydrogens is 401 g/mol. The van der Waals surface area contributed by atoms with Crippen LogP contribution in [0.3, 0.4) is 0 Å². The van der Waals surface area contributed by atoms with E-state index in [-0.39, 0.29) is 24.7 Å². The van der Waals surface area contributed by atoms with Crippen molar-refractivity contribution in [2.45, 2.75) is 26.3 Å². The summed E-state index contributed by atoms with van der Waals surface area (Å²) in [6.07, 6.45) is 0.260. The lowest BCUT2D eigenvalue weighted by Crippen LogP contribution is -2.51. The van der Waals surface area contributed by atoms with E-state index >= 15 is 0 Å². The van der Waals surface area contributed by atoms with Gasteiger partial charge in [0.15, 0.2) is 0 Å². The maximum absolute atomic E-state index is 13.1. The van der Waals surface area contributed by atoms with Crippen molar-refractivity contribution in [2.24, 2.45) is 17.6 Å². The first-order valence-electron chi connectivity index (χ1n) is 9.98. The Morgan fingerprint density at radius 1 is 1.06 bits per heavy atom. The molecule has 3 amide bonds. The zero-order chi connectivity index (χ0) is 23.0. The Morgan fingerprint density at radius 3 is 2.29 bits per heavy atom. The smallest absolute Gasteiger partial charge is 0.255 e. The molecule has 7 nitrogen and oxygen atoms in total. The summed E-state index contributed by atoms with van der Waals surface area (Å²) in [5.41, 5.74) is 6.52. The van der Waals surface area contributed by atoms with Gasteiger partial charge in [-0.2, -0.15) is 0 Å². The van der Waals surface area contributed by atoms with E-state index in [4.69, 9.17) is 10.5 Å². The molecule has 2 aromatic carbocycles. The molecule has 166 valence electrons. The number of carbonyl (C=O) groups is 3. The number of ether oxygens (including phenoxy) is 1. The van der Waals surface area contributed by atoms with Crippen molar-refractivity contribution in [1.29, 1.82) is 0 Å². The van der Waals surface area contributed by atoms with Crippen molar-refractivity contribution in [3.63, 3.8) is 0 Å². The Hall–Kier alpha value is -3.42. The van der Waals surface area contributed by atoms with Crippen LogP contribution in [-0.4, -0.2) is 37.4 Å². The van der Waals surface area contributed by atoms with Gasteiger partial charge in [-0.25, -0.2) is 4.39 Å². The number of nitrogens with two attached hydrogens (primary N) is 1. The number of halogens is 1. The molecule has 4 N–H and O–H groups in total. The maximum atomic E-state index is 13.1. The molecule has 0 fully saturated rings. The summed E-state index contributed by atoms with van der Waals surface area (Å²) in [6, 6.07) is 11.6. The first kappa shape index (κ1) is 23.9. The predicted octanol–water partition coefficient (Wildman–Crippen LogP) is 2.05. The van der Waals surface area contributed by atoms with Gasteiger partial charge in [-0.05, 0) is 42.2 Å². The number of carbonyl (C=O) groups excluding carboxylic acids is 3. The Bertz CT molecular complexity index is 915. The molecule has 0 aromatic heterocycles. The third-order valence-corrected chi connectivity index (χ3v) is 4.91. The first-order valence-corrected chi connectivity index (χ1v) is 9.98. The van der Waals surface area contributed by atoms with Crippen LogP contribution in [0.5, 0.6) is 5.75 Å². The highest BCUT2D eigenvalue weighted by Gasteiger charge is 2.27. The summed E-state index contributed by atoms with van der Waals surface area (Å²) < 4.78 is 18.3. The highest BCUT2D eigenvalue weighted by Crippen LogP contribution is 2.18. The van der Waals surface area contributed by atoms with Gasteiger partial charge in [-0.3, -0.25) is 14.4 Å². The fourth-order valence-corrected chi connectivity index (χ4v) is 3.10. The number of hydrogen-bond donors (Lipinski definition) is 3. The quantitative estimate of drug-likeness (QED) is 0.537. The fourth-order valence-electron chi connectivity index (χ4n) is 3.10. The predicted molar refractivity (Wildman–Crippen MR) is 115 cm³/mol. The van der Waals surface area contributed by atoms with E-state index < -0.39 is 29.7 Å². The molecule has 0 spiro atoms. The highest BCUT2D eigenvalue weighted by atomic mass is 19.1. The standard InChI is InChI=1S/C23H28FN3O4/c1-14(2)20(27-22(29)18-6-4-5-7-19(18)31-3)23(30)26-13-16(21(25)28)12-15-8-10-17(24)11-9-15/h4-11,14,16,20H,12-13H2,1-3H3,(H2,25,28)(H,26,30)(H,27,29). The highest BCUT2D eigenvalue weighted by molar-refractivity contribution is 5.99. The lowest BCUT2D eigenvalue weighted by atomic mass is 9.97. The van der Waals surface area contributed by atoms with Gasteiger partial charge in [0.2, 0.25) is 11.8 Å². The van der Waals surface area contributed by atoms with Gasteiger partial charge in [0.25, 0.3) is 5.91 Å². The van der Waals surface area contributed by atoms with E-state index in [2.05, 4.69) is 10.6 Å². The van der Waals surface area contributed by atoms with Gasteiger partial charge in [0, 0.05) is 6.54 Å². The van der Waals surface area contributed by atoms with Crippen molar-refractivity contribution in [2.75, 3.05) is 13.7 Å². The van der Waals surface area contributed by atoms with E-state index in [0.717, 1.165) is 5.56 Å². The fraction of sp³-hybridized carbons (Fsp3) is 0.348. The number of primary amides is 1. The Kier molecular flexibility index (Phi) is 8.54. The van der Waals surface area contributed by atoms with Crippen LogP contribution in [0.4, 0.5) is 4.39 Å². The summed E-state index contributed by atoms with van der Waals surface area (Å²) in [5.74, 6) is -2.30. The summed E-state index contributed by atoms with van der Waals surface area (Å²) in [7, 11) is 1.46. The van der Waals surface area contributed by atoms with Gasteiger partial charge in [-0.15, -0.1) is 0 Å². The van der Waals surface area contributed by atoms with E-state index in [1.165, 1.54) is 19.2 Å². The van der Waals surface area contributed by atoms with E-state index in [9.17, 15) is 18.8 Å². The number of para-hydroxylation sites is 1. The molecule has 0 aliphatic rings. The summed E-state index contributed by atoms with van der Waals surface area (Å²) >= 11 is 0. The minimum atomic E-state index is -0.822. The van der Waals surface area contributed by atoms with Crippen molar-refractivity contribution < 1.29 is 23.5 Å². The number of amides is 3. The first-order chi connectivity index (χ1) is 14.7. The average Bonchev–Trinajstić information content (AvgIpc) is 2.75. The topological polar surface area (TPSA) is 111 Å². The molecule has 2 rings (SSSR count). The molecule has 0 bridgehead atoms. The number of hydrogen-bond acceptors (Lipinski definition) is 4. The maximum Gasteiger partial charge on any atom is 0.255 e. The van der Waals surface area contributed by atoms with Crippen molar-refractivity contribution >= 4 is 17.7 Å². The second-order valence-electron chi connectivity index (χ2n) is 7.57. The molecule has 0 radical (unpaired) electrons. The minimum Gasteiger partial charge on any atom is -0.496 e. The molecule has 0 saturated carbocycles. The lowest BCUT2D eigenvalue weighted by molar-refractivity contribution is -0.125. The van der Waals surface area contributed by atoms with Crippen molar-refractivity contribution in [1.82, 2.24) is 10.6 Å². The molecule has 0 heterocycles. The molecule has 31 heavy (non-hydrogen) atoms. The van der Waals surface area contributed by atoms with Crippen LogP contribution in [0.2, 0.25) is 0 Å². The van der Waals surface area contributed by atoms with Gasteiger partial charge in [0.05, 0.1) is 18.6 Å². The van der Waals surface area contributed by atoms with Crippen LogP contribution >= 0.6 is 0 Å². The van der Waals surface area contributed by atoms with Crippen molar-refractivity contribution in [3.05, 3.63) is 65.5 Å². The van der Waals surface area contributed by atoms with Crippen LogP contribution in [0, 0.1) is 17.7 Å². The molecule has 2 atom stereocenters. The van der Waals surface area contributed by atoms with Crippen LogP contribution in [0.1, 0.15) is 29.8 Å². The zero-order valence-electron chi connectivity index (χ0n) is 17.9. The minimum absolute atomic E-state index is 0.000703. The monoisotopic (exact) mass is 429 g/mol. The van der Waals surface area contributed by atoms with Gasteiger partial charge < -0.3 is 21.1 Å². The van der Waals surface area contributed by atoms with Crippen LogP contribution in [0.15, 0.2) is 48.5 Å². The van der Waals surface area contributed by atoms with E-state index in [1.807, 2.05) is 0 Å². The Labute approximate surface area is 181 Å². The molecular formula is C23H28FN3O4. The van der Waals surface area contributed by atoms with Crippen LogP contribution in [0.25, 0.3) is 0 Å². The molecule has 0 aliphatic heterocycles. The van der Waals surface area contributed by atoms with Crippen LogP contribution < -0.4 is 21.1 Å². The summed E-state index contributed by atoms with van der Waals surface area (Å²) in [6.45, 7) is 3.60. The largest absolute Gasteiger partial charge is 0.496 e.